The molecule has 0 bridgehead atoms. The molecule has 0 aromatic rings. The van der Waals surface area contributed by atoms with Gasteiger partial charge < -0.3 is 10.6 Å². The average molecular weight is 164 g/mol. The number of likely N-dealkylation sites (N-methyl/N-ethyl adjacent to an activating group) is 1. The third kappa shape index (κ3) is 1.56. The van der Waals surface area contributed by atoms with Crippen molar-refractivity contribution >= 4 is 5.91 Å². The van der Waals surface area contributed by atoms with Crippen LogP contribution in [0, 0.1) is 0 Å². The molecule has 1 aliphatic rings. The maximum Gasteiger partial charge on any atom is 0.253 e. The van der Waals surface area contributed by atoms with Crippen molar-refractivity contribution in [3.63, 3.8) is 0 Å². The van der Waals surface area contributed by atoms with Gasteiger partial charge in [0.2, 0.25) is 0 Å². The molecule has 0 aromatic heterocycles. The maximum atomic E-state index is 11.2. The van der Waals surface area contributed by atoms with E-state index in [0.717, 1.165) is 5.57 Å². The second kappa shape index (κ2) is 3.26. The minimum Gasteiger partial charge on any atom is -0.361 e. The lowest BCUT2D eigenvalue weighted by atomic mass is 10.1. The van der Waals surface area contributed by atoms with Gasteiger partial charge in [-0.15, -0.1) is 0 Å². The number of rotatable bonds is 1. The Kier molecular flexibility index (Phi) is 2.33. The topological polar surface area (TPSA) is 41.1 Å². The number of amides is 1. The van der Waals surface area contributed by atoms with E-state index in [1.165, 1.54) is 0 Å². The van der Waals surface area contributed by atoms with Gasteiger partial charge in [-0.1, -0.05) is 6.58 Å². The molecule has 0 aromatic carbocycles. The summed E-state index contributed by atoms with van der Waals surface area (Å²) in [7, 11) is 1.60. The summed E-state index contributed by atoms with van der Waals surface area (Å²) >= 11 is 0. The van der Waals surface area contributed by atoms with Crippen molar-refractivity contribution < 1.29 is 4.79 Å². The molecule has 0 unspecified atom stereocenters. The molecule has 0 saturated carbocycles. The van der Waals surface area contributed by atoms with Crippen LogP contribution in [-0.2, 0) is 4.79 Å². The number of hydrogen-bond acceptors (Lipinski definition) is 2. The van der Waals surface area contributed by atoms with Crippen LogP contribution in [-0.4, -0.2) is 13.0 Å². The van der Waals surface area contributed by atoms with Crippen molar-refractivity contribution in [1.29, 1.82) is 0 Å². The number of allylic oxidation sites excluding steroid dienone is 2. The van der Waals surface area contributed by atoms with Gasteiger partial charge in [0.25, 0.3) is 5.91 Å². The number of dihydropyridines is 1. The van der Waals surface area contributed by atoms with Crippen LogP contribution in [0.1, 0.15) is 6.92 Å². The molecule has 3 nitrogen and oxygen atoms in total. The van der Waals surface area contributed by atoms with E-state index in [-0.39, 0.29) is 5.91 Å². The van der Waals surface area contributed by atoms with E-state index in [0.29, 0.717) is 11.3 Å². The number of nitrogens with one attached hydrogen (secondary N) is 2. The largest absolute Gasteiger partial charge is 0.361 e. The number of carbonyl (C=O) groups excluding carboxylic acids is 1. The molecule has 1 amide bonds. The highest BCUT2D eigenvalue weighted by atomic mass is 16.1. The second-order valence-corrected chi connectivity index (χ2v) is 2.65. The second-order valence-electron chi connectivity index (χ2n) is 2.65. The van der Waals surface area contributed by atoms with Crippen molar-refractivity contribution in [1.82, 2.24) is 10.6 Å². The Morgan fingerprint density at radius 2 is 2.33 bits per heavy atom. The van der Waals surface area contributed by atoms with E-state index < -0.39 is 0 Å². The van der Waals surface area contributed by atoms with Crippen LogP contribution in [0.2, 0.25) is 0 Å². The summed E-state index contributed by atoms with van der Waals surface area (Å²) in [6.45, 7) is 5.63. The lowest BCUT2D eigenvalue weighted by Crippen LogP contribution is -2.26. The Bertz CT molecular complexity index is 287. The van der Waals surface area contributed by atoms with Crippen molar-refractivity contribution in [3.8, 4) is 0 Å². The maximum absolute atomic E-state index is 11.2. The van der Waals surface area contributed by atoms with Gasteiger partial charge in [0.1, 0.15) is 0 Å². The zero-order valence-electron chi connectivity index (χ0n) is 7.27. The third-order valence-electron chi connectivity index (χ3n) is 1.64. The fraction of sp³-hybridized carbons (Fsp3) is 0.222. The molecule has 0 spiro atoms. The van der Waals surface area contributed by atoms with Gasteiger partial charge in [0.15, 0.2) is 0 Å². The highest BCUT2D eigenvalue weighted by molar-refractivity contribution is 5.98. The zero-order valence-corrected chi connectivity index (χ0v) is 7.27. The highest BCUT2D eigenvalue weighted by Gasteiger charge is 2.13. The quantitative estimate of drug-likeness (QED) is 0.598. The van der Waals surface area contributed by atoms with E-state index in [1.54, 1.807) is 13.1 Å². The molecule has 0 fully saturated rings. The normalized spacial score (nSPS) is 16.0. The van der Waals surface area contributed by atoms with Crippen molar-refractivity contribution in [2.24, 2.45) is 0 Å². The predicted octanol–water partition coefficient (Wildman–Crippen LogP) is 0.679. The molecular weight excluding hydrogens is 152 g/mol. The summed E-state index contributed by atoms with van der Waals surface area (Å²) in [6, 6.07) is 0. The van der Waals surface area contributed by atoms with Crippen LogP contribution in [0.3, 0.4) is 0 Å². The molecule has 0 aliphatic carbocycles. The van der Waals surface area contributed by atoms with Gasteiger partial charge in [0, 0.05) is 18.9 Å². The molecule has 12 heavy (non-hydrogen) atoms. The van der Waals surface area contributed by atoms with Crippen LogP contribution >= 0.6 is 0 Å². The van der Waals surface area contributed by atoms with Crippen LogP contribution in [0.5, 0.6) is 0 Å². The van der Waals surface area contributed by atoms with E-state index in [2.05, 4.69) is 17.2 Å². The van der Waals surface area contributed by atoms with E-state index in [1.807, 2.05) is 13.1 Å². The first kappa shape index (κ1) is 8.59. The number of hydrogen-bond donors (Lipinski definition) is 2. The minimum atomic E-state index is -0.111. The first-order valence-electron chi connectivity index (χ1n) is 3.71. The first-order chi connectivity index (χ1) is 5.65. The van der Waals surface area contributed by atoms with Crippen LogP contribution in [0.15, 0.2) is 35.7 Å². The lowest BCUT2D eigenvalue weighted by Gasteiger charge is -2.14. The van der Waals surface area contributed by atoms with Gasteiger partial charge in [-0.05, 0) is 18.6 Å². The molecule has 1 aliphatic heterocycles. The summed E-state index contributed by atoms with van der Waals surface area (Å²) in [5.41, 5.74) is 2.25. The molecule has 0 radical (unpaired) electrons. The Balaban J connectivity index is 2.93. The SMILES string of the molecule is C=C1NC=C(C)C=C1C(=O)NC. The van der Waals surface area contributed by atoms with E-state index >= 15 is 0 Å². The summed E-state index contributed by atoms with van der Waals surface area (Å²) in [4.78, 5) is 11.2. The minimum absolute atomic E-state index is 0.111. The summed E-state index contributed by atoms with van der Waals surface area (Å²) in [6.07, 6.45) is 3.62. The van der Waals surface area contributed by atoms with Crippen molar-refractivity contribution in [3.05, 3.63) is 35.7 Å². The fourth-order valence-corrected chi connectivity index (χ4v) is 0.972. The van der Waals surface area contributed by atoms with Crippen molar-refractivity contribution in [2.45, 2.75) is 6.92 Å². The van der Waals surface area contributed by atoms with E-state index in [4.69, 9.17) is 0 Å². The molecule has 3 heteroatoms. The highest BCUT2D eigenvalue weighted by Crippen LogP contribution is 2.13. The molecular formula is C9H12N2O. The fourth-order valence-electron chi connectivity index (χ4n) is 0.972. The average Bonchev–Trinajstić information content (AvgIpc) is 2.08. The Morgan fingerprint density at radius 3 is 2.92 bits per heavy atom. The summed E-state index contributed by atoms with van der Waals surface area (Å²) < 4.78 is 0. The van der Waals surface area contributed by atoms with Gasteiger partial charge >= 0.3 is 0 Å². The first-order valence-corrected chi connectivity index (χ1v) is 3.71. The predicted molar refractivity (Wildman–Crippen MR) is 48.2 cm³/mol. The lowest BCUT2D eigenvalue weighted by molar-refractivity contribution is -0.116. The molecule has 2 N–H and O–H groups in total. The van der Waals surface area contributed by atoms with Gasteiger partial charge in [-0.25, -0.2) is 0 Å². The van der Waals surface area contributed by atoms with Crippen molar-refractivity contribution in [2.75, 3.05) is 7.05 Å². The van der Waals surface area contributed by atoms with Gasteiger partial charge in [-0.3, -0.25) is 4.79 Å². The monoisotopic (exact) mass is 164 g/mol. The molecule has 64 valence electrons. The molecule has 0 saturated heterocycles. The zero-order chi connectivity index (χ0) is 9.14. The van der Waals surface area contributed by atoms with Crippen LogP contribution < -0.4 is 10.6 Å². The Labute approximate surface area is 71.8 Å². The Hall–Kier alpha value is -1.51. The number of carbonyl (C=O) groups is 1. The molecule has 0 atom stereocenters. The molecule has 1 heterocycles. The van der Waals surface area contributed by atoms with Crippen LogP contribution in [0.25, 0.3) is 0 Å². The molecule has 1 rings (SSSR count). The summed E-state index contributed by atoms with van der Waals surface area (Å²) in [5, 5.41) is 5.46. The standard InChI is InChI=1S/C9H12N2O/c1-6-4-8(9(12)10-3)7(2)11-5-6/h4-5,11H,2H2,1,3H3,(H,10,12). The van der Waals surface area contributed by atoms with E-state index in [9.17, 15) is 4.79 Å². The van der Waals surface area contributed by atoms with Gasteiger partial charge in [-0.2, -0.15) is 0 Å². The van der Waals surface area contributed by atoms with Crippen LogP contribution in [0.4, 0.5) is 0 Å². The van der Waals surface area contributed by atoms with Gasteiger partial charge in [0.05, 0.1) is 5.57 Å². The Morgan fingerprint density at radius 1 is 1.67 bits per heavy atom. The third-order valence-corrected chi connectivity index (χ3v) is 1.64. The smallest absolute Gasteiger partial charge is 0.253 e. The summed E-state index contributed by atoms with van der Waals surface area (Å²) in [5.74, 6) is -0.111.